The van der Waals surface area contributed by atoms with E-state index in [1.54, 1.807) is 13.3 Å². The van der Waals surface area contributed by atoms with Crippen molar-refractivity contribution in [2.24, 2.45) is 0 Å². The summed E-state index contributed by atoms with van der Waals surface area (Å²) in [5.41, 5.74) is 1.11. The number of H-pyrrole nitrogens is 1. The molecule has 1 aromatic heterocycles. The molecule has 4 rings (SSSR count). The summed E-state index contributed by atoms with van der Waals surface area (Å²) in [5.74, 6) is -1.26. The van der Waals surface area contributed by atoms with Crippen molar-refractivity contribution in [1.29, 1.82) is 0 Å². The molecule has 2 aromatic carbocycles. The van der Waals surface area contributed by atoms with Crippen LogP contribution in [0.2, 0.25) is 0 Å². The lowest BCUT2D eigenvalue weighted by Crippen LogP contribution is -2.33. The van der Waals surface area contributed by atoms with Crippen LogP contribution in [0.3, 0.4) is 0 Å². The van der Waals surface area contributed by atoms with Gasteiger partial charge in [-0.25, -0.2) is 0 Å². The number of hydrogen-bond acceptors (Lipinski definition) is 4. The molecule has 3 aromatic rings. The number of aliphatic hydroxyl groups excluding tert-OH is 1. The number of ketones is 1. The zero-order chi connectivity index (χ0) is 23.9. The average Bonchev–Trinajstić information content (AvgIpc) is 3.29. The van der Waals surface area contributed by atoms with E-state index in [9.17, 15) is 27.9 Å². The Hall–Kier alpha value is -3.75. The molecule has 1 aliphatic heterocycles. The van der Waals surface area contributed by atoms with Crippen molar-refractivity contribution in [1.82, 2.24) is 9.88 Å². The van der Waals surface area contributed by atoms with Crippen LogP contribution in [0.15, 0.2) is 60.0 Å². The van der Waals surface area contributed by atoms with Gasteiger partial charge in [0.05, 0.1) is 24.3 Å². The molecule has 0 spiro atoms. The van der Waals surface area contributed by atoms with Crippen LogP contribution in [0.5, 0.6) is 5.75 Å². The second-order valence-electron chi connectivity index (χ2n) is 7.81. The van der Waals surface area contributed by atoms with Crippen molar-refractivity contribution < 1.29 is 32.6 Å². The molecule has 2 N–H and O–H groups in total. The Balaban J connectivity index is 1.66. The predicted molar refractivity (Wildman–Crippen MR) is 115 cm³/mol. The Kier molecular flexibility index (Phi) is 5.65. The number of halogens is 3. The highest BCUT2D eigenvalue weighted by atomic mass is 19.4. The molecular weight excluding hydrogens is 437 g/mol. The summed E-state index contributed by atoms with van der Waals surface area (Å²) in [6.45, 7) is 1.35. The molecule has 0 saturated heterocycles. The molecule has 1 amide bonds. The molecular formula is C24H21F3N2O4. The SMILES string of the molecule is COc1ccc2[nH]cc(CCN3C(=O)C(O)=C(C(C)=O)C3c3ccc(C(F)(F)F)cc3)c2c1. The second kappa shape index (κ2) is 8.31. The minimum atomic E-state index is -4.51. The van der Waals surface area contributed by atoms with Gasteiger partial charge in [-0.1, -0.05) is 12.1 Å². The first-order chi connectivity index (χ1) is 15.6. The van der Waals surface area contributed by atoms with E-state index >= 15 is 0 Å². The van der Waals surface area contributed by atoms with E-state index < -0.39 is 35.2 Å². The van der Waals surface area contributed by atoms with Crippen molar-refractivity contribution in [2.75, 3.05) is 13.7 Å². The van der Waals surface area contributed by atoms with Gasteiger partial charge in [0.15, 0.2) is 11.5 Å². The summed E-state index contributed by atoms with van der Waals surface area (Å²) in [5, 5.41) is 11.3. The number of nitrogens with zero attached hydrogens (tertiary/aromatic N) is 1. The molecule has 1 atom stereocenters. The third-order valence-corrected chi connectivity index (χ3v) is 5.83. The number of fused-ring (bicyclic) bond motifs is 1. The molecule has 1 aliphatic rings. The van der Waals surface area contributed by atoms with Crippen LogP contribution >= 0.6 is 0 Å². The number of methoxy groups -OCH3 is 1. The fourth-order valence-electron chi connectivity index (χ4n) is 4.18. The van der Waals surface area contributed by atoms with Gasteiger partial charge in [0, 0.05) is 23.6 Å². The maximum Gasteiger partial charge on any atom is 0.416 e. The Bertz CT molecular complexity index is 1260. The normalized spacial score (nSPS) is 16.7. The Morgan fingerprint density at radius 1 is 1.18 bits per heavy atom. The molecule has 0 aliphatic carbocycles. The van der Waals surface area contributed by atoms with Crippen LogP contribution < -0.4 is 4.74 Å². The van der Waals surface area contributed by atoms with Gasteiger partial charge in [-0.15, -0.1) is 0 Å². The van der Waals surface area contributed by atoms with E-state index in [2.05, 4.69) is 4.98 Å². The number of rotatable bonds is 6. The van der Waals surface area contributed by atoms with Crippen molar-refractivity contribution in [3.63, 3.8) is 0 Å². The summed E-state index contributed by atoms with van der Waals surface area (Å²) >= 11 is 0. The number of benzene rings is 2. The first kappa shape index (κ1) is 22.4. The molecule has 1 unspecified atom stereocenters. The zero-order valence-electron chi connectivity index (χ0n) is 17.9. The molecule has 172 valence electrons. The first-order valence-electron chi connectivity index (χ1n) is 10.2. The largest absolute Gasteiger partial charge is 0.503 e. The van der Waals surface area contributed by atoms with Crippen molar-refractivity contribution in [3.8, 4) is 5.75 Å². The summed E-state index contributed by atoms with van der Waals surface area (Å²) in [4.78, 5) is 29.5. The minimum absolute atomic E-state index is 0.125. The Morgan fingerprint density at radius 3 is 2.48 bits per heavy atom. The van der Waals surface area contributed by atoms with Crippen LogP contribution in [-0.4, -0.2) is 40.3 Å². The van der Waals surface area contributed by atoms with Gasteiger partial charge in [0.1, 0.15) is 5.75 Å². The number of aromatic nitrogens is 1. The Labute approximate surface area is 187 Å². The predicted octanol–water partition coefficient (Wildman–Crippen LogP) is 4.72. The first-order valence-corrected chi connectivity index (χ1v) is 10.2. The zero-order valence-corrected chi connectivity index (χ0v) is 17.9. The van der Waals surface area contributed by atoms with Gasteiger partial charge >= 0.3 is 6.18 Å². The number of aliphatic hydroxyl groups is 1. The van der Waals surface area contributed by atoms with Gasteiger partial charge in [-0.2, -0.15) is 13.2 Å². The van der Waals surface area contributed by atoms with Crippen molar-refractivity contribution in [2.45, 2.75) is 25.6 Å². The summed E-state index contributed by atoms with van der Waals surface area (Å²) in [6.07, 6.45) is -2.33. The monoisotopic (exact) mass is 458 g/mol. The highest BCUT2D eigenvalue weighted by Gasteiger charge is 2.42. The maximum atomic E-state index is 13.0. The molecule has 2 heterocycles. The number of Topliss-reactive ketones (excluding diaryl/α,β-unsaturated/α-hetero) is 1. The van der Waals surface area contributed by atoms with Crippen LogP contribution in [-0.2, 0) is 22.2 Å². The van der Waals surface area contributed by atoms with Gasteiger partial charge in [-0.05, 0) is 54.8 Å². The molecule has 0 bridgehead atoms. The molecule has 9 heteroatoms. The average molecular weight is 458 g/mol. The summed E-state index contributed by atoms with van der Waals surface area (Å²) in [7, 11) is 1.56. The molecule has 33 heavy (non-hydrogen) atoms. The highest BCUT2D eigenvalue weighted by molar-refractivity contribution is 6.08. The number of ether oxygens (including phenoxy) is 1. The highest BCUT2D eigenvalue weighted by Crippen LogP contribution is 2.39. The van der Waals surface area contributed by atoms with E-state index in [1.165, 1.54) is 24.0 Å². The van der Waals surface area contributed by atoms with E-state index in [-0.39, 0.29) is 12.1 Å². The van der Waals surface area contributed by atoms with Crippen LogP contribution in [0.4, 0.5) is 13.2 Å². The number of carbonyl (C=O) groups is 2. The van der Waals surface area contributed by atoms with Gasteiger partial charge < -0.3 is 19.7 Å². The van der Waals surface area contributed by atoms with Crippen LogP contribution in [0.1, 0.15) is 29.7 Å². The molecule has 6 nitrogen and oxygen atoms in total. The summed E-state index contributed by atoms with van der Waals surface area (Å²) in [6, 6.07) is 8.82. The number of alkyl halides is 3. The molecule has 0 radical (unpaired) electrons. The summed E-state index contributed by atoms with van der Waals surface area (Å²) < 4.78 is 44.2. The van der Waals surface area contributed by atoms with Gasteiger partial charge in [-0.3, -0.25) is 9.59 Å². The van der Waals surface area contributed by atoms with Crippen molar-refractivity contribution >= 4 is 22.6 Å². The third kappa shape index (κ3) is 4.06. The van der Waals surface area contributed by atoms with Gasteiger partial charge in [0.25, 0.3) is 5.91 Å². The lowest BCUT2D eigenvalue weighted by atomic mass is 9.95. The number of hydrogen-bond donors (Lipinski definition) is 2. The van der Waals surface area contributed by atoms with E-state index in [0.717, 1.165) is 28.6 Å². The smallest absolute Gasteiger partial charge is 0.416 e. The quantitative estimate of drug-likeness (QED) is 0.560. The standard InChI is InChI=1S/C24H21F3N2O4/c1-13(30)20-21(14-3-5-16(6-4-14)24(25,26)27)29(23(32)22(20)31)10-9-15-12-28-19-8-7-17(33-2)11-18(15)19/h3-8,11-12,21,28,31H,9-10H2,1-2H3. The third-order valence-electron chi connectivity index (χ3n) is 5.83. The lowest BCUT2D eigenvalue weighted by Gasteiger charge is -2.27. The van der Waals surface area contributed by atoms with Crippen LogP contribution in [0, 0.1) is 0 Å². The lowest BCUT2D eigenvalue weighted by molar-refractivity contribution is -0.137. The number of nitrogens with one attached hydrogen (secondary N) is 1. The van der Waals surface area contributed by atoms with Crippen LogP contribution in [0.25, 0.3) is 10.9 Å². The minimum Gasteiger partial charge on any atom is -0.503 e. The topological polar surface area (TPSA) is 82.6 Å². The van der Waals surface area contributed by atoms with E-state index in [1.807, 2.05) is 18.2 Å². The number of amides is 1. The van der Waals surface area contributed by atoms with E-state index in [0.29, 0.717) is 17.7 Å². The molecule has 0 fully saturated rings. The Morgan fingerprint density at radius 2 is 1.88 bits per heavy atom. The van der Waals surface area contributed by atoms with Crippen molar-refractivity contribution in [3.05, 3.63) is 76.7 Å². The fourth-order valence-corrected chi connectivity index (χ4v) is 4.18. The fraction of sp³-hybridized carbons (Fsp3) is 0.250. The number of aromatic amines is 1. The number of carbonyl (C=O) groups excluding carboxylic acids is 2. The maximum absolute atomic E-state index is 13.0. The second-order valence-corrected chi connectivity index (χ2v) is 7.81. The van der Waals surface area contributed by atoms with E-state index in [4.69, 9.17) is 4.74 Å². The van der Waals surface area contributed by atoms with Gasteiger partial charge in [0.2, 0.25) is 0 Å². The molecule has 0 saturated carbocycles.